The molecule has 4 heterocycles. The zero-order valence-electron chi connectivity index (χ0n) is 35.7. The van der Waals surface area contributed by atoms with Crippen molar-refractivity contribution in [2.75, 3.05) is 0 Å². The van der Waals surface area contributed by atoms with Crippen molar-refractivity contribution in [2.45, 2.75) is 124 Å². The topological polar surface area (TPSA) is 103 Å². The van der Waals surface area contributed by atoms with Gasteiger partial charge < -0.3 is 14.2 Å². The second-order valence-corrected chi connectivity index (χ2v) is 16.5. The van der Waals surface area contributed by atoms with Crippen molar-refractivity contribution in [1.82, 2.24) is 19.1 Å². The number of nitrogens with zero attached hydrogens (tertiary/aromatic N) is 6. The lowest BCUT2D eigenvalue weighted by atomic mass is 9.80. The Hall–Kier alpha value is -6.02. The Bertz CT molecular complexity index is 2930. The molecule has 1 atom stereocenters. The van der Waals surface area contributed by atoms with Gasteiger partial charge in [-0.3, -0.25) is 9.97 Å². The van der Waals surface area contributed by atoms with Gasteiger partial charge in [0.2, 0.25) is 0 Å². The molecular weight excluding hydrogens is 749 g/mol. The van der Waals surface area contributed by atoms with Crippen LogP contribution in [0.4, 0.5) is 0 Å². The SMILES string of the molecule is C.C.C.C.C=C(C1=Cc2c(nc(C)c(C#N)c2C)C1)c1c(C)c(C)c(C)c2c1ccn2C.Cc1nc2c(c(C)c1C#N)C=C(C(C)(O)c1c(C)c(C)c(C)c3c1ccn3C)C2. The number of aliphatic hydroxyl groups is 1. The zero-order chi connectivity index (χ0) is 41.6. The Morgan fingerprint density at radius 2 is 1.08 bits per heavy atom. The van der Waals surface area contributed by atoms with E-state index >= 15 is 0 Å². The number of allylic oxidation sites excluding steroid dienone is 2. The fourth-order valence-corrected chi connectivity index (χ4v) is 9.61. The van der Waals surface area contributed by atoms with Gasteiger partial charge in [0, 0.05) is 61.2 Å². The number of pyridine rings is 2. The molecule has 2 aliphatic rings. The van der Waals surface area contributed by atoms with Gasteiger partial charge in [0.1, 0.15) is 17.7 Å². The first-order chi connectivity index (χ1) is 26.8. The van der Waals surface area contributed by atoms with Gasteiger partial charge in [0.25, 0.3) is 0 Å². The molecule has 2 aliphatic carbocycles. The largest absolute Gasteiger partial charge is 0.381 e. The molecule has 320 valence electrons. The normalized spacial score (nSPS) is 13.1. The van der Waals surface area contributed by atoms with Gasteiger partial charge in [-0.2, -0.15) is 10.5 Å². The summed E-state index contributed by atoms with van der Waals surface area (Å²) in [5, 5.41) is 33.2. The minimum Gasteiger partial charge on any atom is -0.381 e. The van der Waals surface area contributed by atoms with E-state index < -0.39 is 5.60 Å². The maximum Gasteiger partial charge on any atom is 0.109 e. The van der Waals surface area contributed by atoms with E-state index in [2.05, 4.69) is 112 Å². The highest BCUT2D eigenvalue weighted by Gasteiger charge is 2.37. The number of benzene rings is 2. The van der Waals surface area contributed by atoms with E-state index in [0.717, 1.165) is 84.6 Å². The third-order valence-electron chi connectivity index (χ3n) is 13.3. The number of hydrogen-bond donors (Lipinski definition) is 1. The van der Waals surface area contributed by atoms with E-state index in [-0.39, 0.29) is 29.7 Å². The van der Waals surface area contributed by atoms with E-state index in [1.807, 2.05) is 47.7 Å². The van der Waals surface area contributed by atoms with Crippen molar-refractivity contribution in [3.05, 3.63) is 143 Å². The van der Waals surface area contributed by atoms with Crippen molar-refractivity contribution in [1.29, 1.82) is 10.5 Å². The van der Waals surface area contributed by atoms with Crippen LogP contribution < -0.4 is 0 Å². The van der Waals surface area contributed by atoms with Crippen LogP contribution in [0.5, 0.6) is 0 Å². The summed E-state index contributed by atoms with van der Waals surface area (Å²) in [5.74, 6) is 0. The summed E-state index contributed by atoms with van der Waals surface area (Å²) in [7, 11) is 4.15. The van der Waals surface area contributed by atoms with Gasteiger partial charge in [-0.1, -0.05) is 42.4 Å². The molecule has 7 heteroatoms. The van der Waals surface area contributed by atoms with Crippen molar-refractivity contribution < 1.29 is 5.11 Å². The van der Waals surface area contributed by atoms with Gasteiger partial charge in [-0.25, -0.2) is 0 Å². The summed E-state index contributed by atoms with van der Waals surface area (Å²) in [5.41, 5.74) is 23.1. The molecule has 0 saturated heterocycles. The number of hydrogen-bond acceptors (Lipinski definition) is 5. The predicted molar refractivity (Wildman–Crippen MR) is 260 cm³/mol. The second kappa shape index (κ2) is 17.5. The number of aryl methyl sites for hydroxylation is 6. The number of rotatable bonds is 4. The van der Waals surface area contributed by atoms with Gasteiger partial charge in [-0.15, -0.1) is 0 Å². The fraction of sp³-hybridized carbons (Fsp3) is 0.370. The first-order valence-corrected chi connectivity index (χ1v) is 19.6. The van der Waals surface area contributed by atoms with Crippen LogP contribution in [-0.2, 0) is 32.5 Å². The number of aromatic nitrogens is 4. The van der Waals surface area contributed by atoms with E-state index in [0.29, 0.717) is 17.5 Å². The van der Waals surface area contributed by atoms with E-state index in [1.165, 1.54) is 49.9 Å². The zero-order valence-corrected chi connectivity index (χ0v) is 35.7. The highest BCUT2D eigenvalue weighted by molar-refractivity contribution is 6.02. The third kappa shape index (κ3) is 7.44. The third-order valence-corrected chi connectivity index (χ3v) is 13.3. The molecular formula is C54H68N6O. The lowest BCUT2D eigenvalue weighted by Gasteiger charge is -2.30. The Morgan fingerprint density at radius 1 is 0.639 bits per heavy atom. The van der Waals surface area contributed by atoms with Crippen LogP contribution in [0.2, 0.25) is 0 Å². The van der Waals surface area contributed by atoms with E-state index in [4.69, 9.17) is 4.98 Å². The minimum atomic E-state index is -1.13. The first-order valence-electron chi connectivity index (χ1n) is 19.6. The quantitative estimate of drug-likeness (QED) is 0.191. The minimum absolute atomic E-state index is 0. The highest BCUT2D eigenvalue weighted by atomic mass is 16.3. The summed E-state index contributed by atoms with van der Waals surface area (Å²) in [6.45, 7) is 27.1. The van der Waals surface area contributed by atoms with Crippen molar-refractivity contribution in [3.8, 4) is 12.1 Å². The molecule has 0 radical (unpaired) electrons. The molecule has 0 fully saturated rings. The smallest absolute Gasteiger partial charge is 0.109 e. The van der Waals surface area contributed by atoms with Crippen molar-refractivity contribution >= 4 is 39.5 Å². The van der Waals surface area contributed by atoms with Crippen LogP contribution in [0.25, 0.3) is 39.5 Å². The summed E-state index contributed by atoms with van der Waals surface area (Å²) in [4.78, 5) is 9.39. The van der Waals surface area contributed by atoms with Crippen LogP contribution >= 0.6 is 0 Å². The number of fused-ring (bicyclic) bond motifs is 4. The Labute approximate surface area is 366 Å². The second-order valence-electron chi connectivity index (χ2n) is 16.5. The van der Waals surface area contributed by atoms with Crippen LogP contribution in [0.15, 0.2) is 42.3 Å². The van der Waals surface area contributed by atoms with E-state index in [1.54, 1.807) is 0 Å². The van der Waals surface area contributed by atoms with Crippen LogP contribution in [-0.4, -0.2) is 24.2 Å². The van der Waals surface area contributed by atoms with Gasteiger partial charge in [0.15, 0.2) is 0 Å². The molecule has 0 aliphatic heterocycles. The molecule has 0 spiro atoms. The molecule has 1 N–H and O–H groups in total. The average Bonchev–Trinajstić information content (AvgIpc) is 3.96. The lowest BCUT2D eigenvalue weighted by Crippen LogP contribution is -2.26. The van der Waals surface area contributed by atoms with Crippen molar-refractivity contribution in [2.24, 2.45) is 14.1 Å². The van der Waals surface area contributed by atoms with Crippen LogP contribution in [0.3, 0.4) is 0 Å². The monoisotopic (exact) mass is 817 g/mol. The summed E-state index contributed by atoms with van der Waals surface area (Å²) in [6.07, 6.45) is 9.77. The maximum absolute atomic E-state index is 11.9. The molecule has 1 unspecified atom stereocenters. The average molecular weight is 817 g/mol. The predicted octanol–water partition coefficient (Wildman–Crippen LogP) is 13.0. The van der Waals surface area contributed by atoms with Gasteiger partial charge >= 0.3 is 0 Å². The Kier molecular flexibility index (Phi) is 14.2. The molecule has 8 rings (SSSR count). The van der Waals surface area contributed by atoms with Crippen molar-refractivity contribution in [3.63, 3.8) is 0 Å². The molecule has 6 aromatic rings. The van der Waals surface area contributed by atoms with Crippen LogP contribution in [0.1, 0.15) is 137 Å². The standard InChI is InChI=1S/C25H27N3O.C25H25N3.4CH4/c1-13-14(2)23(19-8-9-28(7)24(19)15(13)3)25(6,29)18-10-20-16(4)21(12-26)17(5)27-22(20)11-18;1-13-14(2)24(20-8-9-28(7)25(20)15(13)3)16(4)19-10-21-17(5)22(12-26)18(6)27-23(21)11-19;;;;/h8-10,29H,11H2,1-7H3;8-10H,4,11H2,1-3,5-7H3;4*1H4. The molecule has 0 amide bonds. The summed E-state index contributed by atoms with van der Waals surface area (Å²) < 4.78 is 4.32. The molecule has 7 nitrogen and oxygen atoms in total. The fourth-order valence-electron chi connectivity index (χ4n) is 9.61. The molecule has 2 aromatic carbocycles. The first kappa shape index (κ1) is 49.3. The highest BCUT2D eigenvalue weighted by Crippen LogP contribution is 2.45. The van der Waals surface area contributed by atoms with Gasteiger partial charge in [-0.05, 0) is 167 Å². The number of nitriles is 2. The molecule has 61 heavy (non-hydrogen) atoms. The molecule has 0 saturated carbocycles. The van der Waals surface area contributed by atoms with E-state index in [9.17, 15) is 15.6 Å². The summed E-state index contributed by atoms with van der Waals surface area (Å²) >= 11 is 0. The lowest BCUT2D eigenvalue weighted by molar-refractivity contribution is 0.0974. The Balaban J connectivity index is 0.000000305. The van der Waals surface area contributed by atoms with Gasteiger partial charge in [0.05, 0.1) is 44.9 Å². The molecule has 4 aromatic heterocycles. The Morgan fingerprint density at radius 3 is 1.59 bits per heavy atom. The maximum atomic E-state index is 11.9. The molecule has 0 bridgehead atoms. The summed E-state index contributed by atoms with van der Waals surface area (Å²) in [6, 6.07) is 8.87. The van der Waals surface area contributed by atoms with Crippen LogP contribution in [0, 0.1) is 91.9 Å².